The van der Waals surface area contributed by atoms with Crippen LogP contribution in [-0.2, 0) is 44.5 Å². The summed E-state index contributed by atoms with van der Waals surface area (Å²) in [5, 5.41) is 5.68. The first-order valence-electron chi connectivity index (χ1n) is 27.8. The van der Waals surface area contributed by atoms with E-state index in [1.54, 1.807) is 11.1 Å². The fourth-order valence-corrected chi connectivity index (χ4v) is 12.2. The minimum atomic E-state index is -0.826. The Balaban J connectivity index is 0.000000235. The molecular formula is C66H92Cl2SiZr. The Morgan fingerprint density at radius 3 is 1.07 bits per heavy atom. The molecular weight excluding hydrogens is 983 g/mol. The monoisotopic (exact) mass is 1070 g/mol. The van der Waals surface area contributed by atoms with E-state index < -0.39 is 20.8 Å². The van der Waals surface area contributed by atoms with Crippen LogP contribution in [0.15, 0.2) is 109 Å². The third-order valence-electron chi connectivity index (χ3n) is 15.8. The normalized spacial score (nSPS) is 16.5. The van der Waals surface area contributed by atoms with Crippen molar-refractivity contribution >= 4 is 48.1 Å². The van der Waals surface area contributed by atoms with Crippen molar-refractivity contribution in [1.82, 2.24) is 0 Å². The second-order valence-electron chi connectivity index (χ2n) is 23.7. The van der Waals surface area contributed by atoms with Gasteiger partial charge in [0.1, 0.15) is 0 Å². The summed E-state index contributed by atoms with van der Waals surface area (Å²) in [6.45, 7) is 22.8. The fourth-order valence-electron chi connectivity index (χ4n) is 12.2. The van der Waals surface area contributed by atoms with Gasteiger partial charge in [-0.15, -0.1) is 69.1 Å². The van der Waals surface area contributed by atoms with E-state index in [4.69, 9.17) is 17.0 Å². The summed E-state index contributed by atoms with van der Waals surface area (Å²) >= 11 is -0.826. The molecule has 0 atom stereocenters. The molecule has 6 aromatic carbocycles. The zero-order valence-corrected chi connectivity index (χ0v) is 50.7. The van der Waals surface area contributed by atoms with Crippen molar-refractivity contribution in [2.24, 2.45) is 10.8 Å². The van der Waals surface area contributed by atoms with Gasteiger partial charge >= 0.3 is 37.9 Å². The molecule has 2 fully saturated rings. The van der Waals surface area contributed by atoms with Crippen LogP contribution in [0.25, 0.3) is 43.8 Å². The van der Waals surface area contributed by atoms with Gasteiger partial charge in [-0.2, -0.15) is 12.1 Å². The van der Waals surface area contributed by atoms with Gasteiger partial charge in [-0.1, -0.05) is 230 Å². The van der Waals surface area contributed by atoms with Gasteiger partial charge in [0.25, 0.3) is 0 Å². The standard InChI is InChI=1S/2C32H43.C2H6Si.2ClH.Zr/c2*1-5-19-32(20-10-8-6-7-9-11-21-32)24-25-22-27-13-12-14-29(30(27)23-25)26-15-17-28(18-16-26)31(2,3)4;1-3-2;;;/h2*12-18,22-23H,5-11,19-21,24H2,1-4H3;1-2H3;2*1H;/q2*-1;;;;+4/p-2. The summed E-state index contributed by atoms with van der Waals surface area (Å²) in [5.41, 5.74) is 12.8. The second-order valence-corrected chi connectivity index (χ2v) is 28.4. The van der Waals surface area contributed by atoms with Crippen molar-refractivity contribution in [3.63, 3.8) is 0 Å². The third kappa shape index (κ3) is 17.4. The van der Waals surface area contributed by atoms with Crippen LogP contribution in [0.1, 0.15) is 206 Å². The van der Waals surface area contributed by atoms with E-state index in [0.717, 1.165) is 9.52 Å². The molecule has 0 spiro atoms. The first-order valence-corrected chi connectivity index (χ1v) is 36.1. The molecule has 0 aromatic heterocycles. The van der Waals surface area contributed by atoms with Crippen LogP contribution in [0.5, 0.6) is 0 Å². The molecule has 0 nitrogen and oxygen atoms in total. The summed E-state index contributed by atoms with van der Waals surface area (Å²) in [4.78, 5) is 0. The number of benzene rings is 4. The maximum absolute atomic E-state index is 4.93. The molecule has 8 rings (SSSR count). The van der Waals surface area contributed by atoms with Crippen LogP contribution in [0, 0.1) is 10.8 Å². The van der Waals surface area contributed by atoms with Gasteiger partial charge in [-0.3, -0.25) is 0 Å². The van der Waals surface area contributed by atoms with Crippen LogP contribution < -0.4 is 0 Å². The molecule has 6 aromatic rings. The summed E-state index contributed by atoms with van der Waals surface area (Å²) < 4.78 is 0. The van der Waals surface area contributed by atoms with E-state index in [2.05, 4.69) is 178 Å². The SMILES string of the molecule is CCCC1(Cc2cc3c(-c4ccc(C(C)(C)C)cc4)cccc3[cH-]2)CCCCCCCC1.CCCC1(Cc2cc3c(-c4ccc(C(C)(C)C)cc4)cccc3[cH-]2)CCCCCCCC1.C[Si]C.[Cl][Zr+2][Cl]. The Kier molecular flexibility index (Phi) is 24.3. The van der Waals surface area contributed by atoms with Crippen molar-refractivity contribution in [3.8, 4) is 22.3 Å². The van der Waals surface area contributed by atoms with Gasteiger partial charge < -0.3 is 0 Å². The van der Waals surface area contributed by atoms with Gasteiger partial charge in [0.2, 0.25) is 0 Å². The molecule has 0 heterocycles. The Bertz CT molecular complexity index is 2190. The molecule has 378 valence electrons. The predicted octanol–water partition coefficient (Wildman–Crippen LogP) is 22.1. The molecule has 0 bridgehead atoms. The number of halogens is 2. The van der Waals surface area contributed by atoms with E-state index in [9.17, 15) is 0 Å². The van der Waals surface area contributed by atoms with E-state index in [1.165, 1.54) is 196 Å². The maximum atomic E-state index is 4.93. The van der Waals surface area contributed by atoms with E-state index in [-0.39, 0.29) is 10.8 Å². The quantitative estimate of drug-likeness (QED) is 0.0947. The molecule has 2 aliphatic rings. The number of fused-ring (bicyclic) bond motifs is 2. The van der Waals surface area contributed by atoms with Crippen LogP contribution >= 0.6 is 17.0 Å². The van der Waals surface area contributed by atoms with Crippen molar-refractivity contribution in [2.45, 2.75) is 221 Å². The van der Waals surface area contributed by atoms with Gasteiger partial charge in [-0.05, 0) is 95.3 Å². The number of hydrogen-bond donors (Lipinski definition) is 0. The van der Waals surface area contributed by atoms with Crippen LogP contribution in [0.4, 0.5) is 0 Å². The molecule has 4 heteroatoms. The Hall–Kier alpha value is -2.22. The van der Waals surface area contributed by atoms with E-state index >= 15 is 0 Å². The first-order chi connectivity index (χ1) is 33.6. The average Bonchev–Trinajstić information content (AvgIpc) is 3.98. The molecule has 0 amide bonds. The Morgan fingerprint density at radius 1 is 0.486 bits per heavy atom. The number of hydrogen-bond acceptors (Lipinski definition) is 0. The Labute approximate surface area is 450 Å². The molecule has 2 aliphatic carbocycles. The zero-order valence-electron chi connectivity index (χ0n) is 45.7. The van der Waals surface area contributed by atoms with E-state index in [1.807, 2.05) is 0 Å². The number of rotatable bonds is 10. The first kappa shape index (κ1) is 58.7. The van der Waals surface area contributed by atoms with Crippen LogP contribution in [-0.4, -0.2) is 9.52 Å². The van der Waals surface area contributed by atoms with Crippen molar-refractivity contribution in [1.29, 1.82) is 0 Å². The molecule has 2 radical (unpaired) electrons. The summed E-state index contributed by atoms with van der Waals surface area (Å²) in [5.74, 6) is 0. The van der Waals surface area contributed by atoms with Crippen molar-refractivity contribution < 1.29 is 20.8 Å². The molecule has 70 heavy (non-hydrogen) atoms. The summed E-state index contributed by atoms with van der Waals surface area (Å²) in [7, 11) is 11.0. The second kappa shape index (κ2) is 29.0. The predicted molar refractivity (Wildman–Crippen MR) is 313 cm³/mol. The zero-order chi connectivity index (χ0) is 50.6. The molecule has 0 aliphatic heterocycles. The Morgan fingerprint density at radius 2 is 0.786 bits per heavy atom. The van der Waals surface area contributed by atoms with Crippen LogP contribution in [0.3, 0.4) is 0 Å². The van der Waals surface area contributed by atoms with Crippen LogP contribution in [0.2, 0.25) is 13.1 Å². The minimum absolute atomic E-state index is 0.197. The van der Waals surface area contributed by atoms with Gasteiger partial charge in [0.05, 0.1) is 0 Å². The van der Waals surface area contributed by atoms with E-state index in [0.29, 0.717) is 10.8 Å². The van der Waals surface area contributed by atoms with Crippen molar-refractivity contribution in [2.75, 3.05) is 0 Å². The third-order valence-corrected chi connectivity index (χ3v) is 15.8. The molecule has 2 saturated carbocycles. The van der Waals surface area contributed by atoms with Gasteiger partial charge in [0, 0.05) is 9.52 Å². The van der Waals surface area contributed by atoms with Crippen molar-refractivity contribution in [3.05, 3.63) is 131 Å². The molecule has 0 N–H and O–H groups in total. The fraction of sp³-hybridized carbons (Fsp3) is 0.545. The molecule has 0 unspecified atom stereocenters. The van der Waals surface area contributed by atoms with Gasteiger partial charge in [-0.25, -0.2) is 0 Å². The summed E-state index contributed by atoms with van der Waals surface area (Å²) in [6.07, 6.45) is 30.8. The topological polar surface area (TPSA) is 0 Å². The summed E-state index contributed by atoms with van der Waals surface area (Å²) in [6, 6.07) is 42.2. The average molecular weight is 1080 g/mol. The molecule has 0 saturated heterocycles. The van der Waals surface area contributed by atoms with Gasteiger partial charge in [0.15, 0.2) is 0 Å².